The molecule has 4 nitrogen and oxygen atoms in total. The Hall–Kier alpha value is -2.94. The molecule has 0 fully saturated rings. The first-order valence-corrected chi connectivity index (χ1v) is 6.42. The molecule has 0 saturated heterocycles. The van der Waals surface area contributed by atoms with E-state index in [1.807, 2.05) is 6.07 Å². The highest BCUT2D eigenvalue weighted by Crippen LogP contribution is 2.17. The van der Waals surface area contributed by atoms with Gasteiger partial charge < -0.3 is 10.1 Å². The third-order valence-electron chi connectivity index (χ3n) is 2.83. The second-order valence-electron chi connectivity index (χ2n) is 4.45. The molecule has 0 saturated carbocycles. The summed E-state index contributed by atoms with van der Waals surface area (Å²) in [5, 5.41) is 11.3. The van der Waals surface area contributed by atoms with E-state index in [-0.39, 0.29) is 18.9 Å². The van der Waals surface area contributed by atoms with Gasteiger partial charge in [-0.05, 0) is 29.8 Å². The van der Waals surface area contributed by atoms with Crippen LogP contribution in [-0.2, 0) is 11.3 Å². The van der Waals surface area contributed by atoms with Crippen molar-refractivity contribution in [3.05, 3.63) is 65.2 Å². The maximum absolute atomic E-state index is 13.3. The fourth-order valence-corrected chi connectivity index (χ4v) is 1.68. The van der Waals surface area contributed by atoms with E-state index < -0.39 is 17.5 Å². The highest BCUT2D eigenvalue weighted by atomic mass is 19.1. The van der Waals surface area contributed by atoms with E-state index in [1.54, 1.807) is 24.3 Å². The predicted octanol–water partition coefficient (Wildman–Crippen LogP) is 2.53. The van der Waals surface area contributed by atoms with Crippen molar-refractivity contribution in [3.8, 4) is 11.8 Å². The van der Waals surface area contributed by atoms with Crippen molar-refractivity contribution in [1.29, 1.82) is 5.26 Å². The molecule has 2 aromatic carbocycles. The van der Waals surface area contributed by atoms with Gasteiger partial charge in [-0.25, -0.2) is 8.78 Å². The Morgan fingerprint density at radius 3 is 2.55 bits per heavy atom. The molecule has 0 aliphatic rings. The molecule has 2 aromatic rings. The molecule has 0 radical (unpaired) electrons. The number of hydrogen-bond donors (Lipinski definition) is 1. The van der Waals surface area contributed by atoms with Crippen molar-refractivity contribution in [1.82, 2.24) is 5.32 Å². The first-order valence-electron chi connectivity index (χ1n) is 6.42. The summed E-state index contributed by atoms with van der Waals surface area (Å²) in [6.45, 7) is -0.112. The van der Waals surface area contributed by atoms with Gasteiger partial charge in [0.05, 0.1) is 11.6 Å². The molecule has 0 aromatic heterocycles. The number of benzene rings is 2. The van der Waals surface area contributed by atoms with Crippen LogP contribution in [0.1, 0.15) is 11.1 Å². The number of carbonyl (C=O) groups is 1. The number of amides is 1. The summed E-state index contributed by atoms with van der Waals surface area (Å²) >= 11 is 0. The lowest BCUT2D eigenvalue weighted by molar-refractivity contribution is -0.123. The standard InChI is InChI=1S/C16H12F2N2O2/c17-13-5-6-15(14(18)7-13)22-10-16(21)20-9-12-3-1-11(8-19)2-4-12/h1-7H,9-10H2,(H,20,21). The molecule has 112 valence electrons. The summed E-state index contributed by atoms with van der Waals surface area (Å²) in [7, 11) is 0. The van der Waals surface area contributed by atoms with Crippen LogP contribution in [0.4, 0.5) is 8.78 Å². The van der Waals surface area contributed by atoms with Gasteiger partial charge in [0, 0.05) is 12.6 Å². The zero-order chi connectivity index (χ0) is 15.9. The van der Waals surface area contributed by atoms with E-state index in [0.717, 1.165) is 17.7 Å². The van der Waals surface area contributed by atoms with Gasteiger partial charge in [0.25, 0.3) is 5.91 Å². The van der Waals surface area contributed by atoms with Gasteiger partial charge in [0.15, 0.2) is 18.2 Å². The number of ether oxygens (including phenoxy) is 1. The van der Waals surface area contributed by atoms with E-state index in [0.29, 0.717) is 11.6 Å². The van der Waals surface area contributed by atoms with E-state index in [1.165, 1.54) is 0 Å². The number of nitrogens with one attached hydrogen (secondary N) is 1. The normalized spacial score (nSPS) is 9.86. The first kappa shape index (κ1) is 15.4. The molecule has 0 aliphatic heterocycles. The van der Waals surface area contributed by atoms with Crippen LogP contribution < -0.4 is 10.1 Å². The fourth-order valence-electron chi connectivity index (χ4n) is 1.68. The fraction of sp³-hybridized carbons (Fsp3) is 0.125. The summed E-state index contributed by atoms with van der Waals surface area (Å²) in [5.74, 6) is -2.20. The van der Waals surface area contributed by atoms with E-state index in [2.05, 4.69) is 5.32 Å². The molecule has 0 bridgehead atoms. The third kappa shape index (κ3) is 4.28. The average Bonchev–Trinajstić information content (AvgIpc) is 2.52. The van der Waals surface area contributed by atoms with Crippen LogP contribution in [0.5, 0.6) is 5.75 Å². The highest BCUT2D eigenvalue weighted by molar-refractivity contribution is 5.77. The van der Waals surface area contributed by atoms with Crippen LogP contribution in [0.15, 0.2) is 42.5 Å². The Balaban J connectivity index is 1.81. The van der Waals surface area contributed by atoms with Gasteiger partial charge in [0.1, 0.15) is 5.82 Å². The number of halogens is 2. The molecule has 0 spiro atoms. The Bertz CT molecular complexity index is 709. The van der Waals surface area contributed by atoms with Gasteiger partial charge in [-0.1, -0.05) is 12.1 Å². The molecule has 0 aliphatic carbocycles. The zero-order valence-electron chi connectivity index (χ0n) is 11.5. The highest BCUT2D eigenvalue weighted by Gasteiger charge is 2.08. The van der Waals surface area contributed by atoms with Crippen molar-refractivity contribution < 1.29 is 18.3 Å². The van der Waals surface area contributed by atoms with Crippen LogP contribution in [0, 0.1) is 23.0 Å². The molecule has 0 unspecified atom stereocenters. The van der Waals surface area contributed by atoms with Crippen LogP contribution in [0.2, 0.25) is 0 Å². The maximum atomic E-state index is 13.3. The zero-order valence-corrected chi connectivity index (χ0v) is 11.5. The number of rotatable bonds is 5. The lowest BCUT2D eigenvalue weighted by Crippen LogP contribution is -2.28. The van der Waals surface area contributed by atoms with E-state index >= 15 is 0 Å². The van der Waals surface area contributed by atoms with Crippen LogP contribution in [0.3, 0.4) is 0 Å². The molecule has 0 heterocycles. The van der Waals surface area contributed by atoms with Crippen molar-refractivity contribution >= 4 is 5.91 Å². The average molecular weight is 302 g/mol. The van der Waals surface area contributed by atoms with Crippen molar-refractivity contribution in [3.63, 3.8) is 0 Å². The van der Waals surface area contributed by atoms with Crippen LogP contribution in [0.25, 0.3) is 0 Å². The molecule has 22 heavy (non-hydrogen) atoms. The van der Waals surface area contributed by atoms with Gasteiger partial charge >= 0.3 is 0 Å². The first-order chi connectivity index (χ1) is 10.6. The van der Waals surface area contributed by atoms with Crippen LogP contribution >= 0.6 is 0 Å². The lowest BCUT2D eigenvalue weighted by atomic mass is 10.1. The van der Waals surface area contributed by atoms with Gasteiger partial charge in [0.2, 0.25) is 0 Å². The van der Waals surface area contributed by atoms with Crippen LogP contribution in [-0.4, -0.2) is 12.5 Å². The summed E-state index contributed by atoms with van der Waals surface area (Å²) < 4.78 is 31.0. The lowest BCUT2D eigenvalue weighted by Gasteiger charge is -2.08. The smallest absolute Gasteiger partial charge is 0.258 e. The van der Waals surface area contributed by atoms with Crippen molar-refractivity contribution in [2.24, 2.45) is 0 Å². The van der Waals surface area contributed by atoms with Gasteiger partial charge in [-0.3, -0.25) is 4.79 Å². The largest absolute Gasteiger partial charge is 0.481 e. The molecular weight excluding hydrogens is 290 g/mol. The maximum Gasteiger partial charge on any atom is 0.258 e. The van der Waals surface area contributed by atoms with Gasteiger partial charge in [-0.15, -0.1) is 0 Å². The Morgan fingerprint density at radius 1 is 1.18 bits per heavy atom. The minimum Gasteiger partial charge on any atom is -0.481 e. The minimum atomic E-state index is -0.861. The van der Waals surface area contributed by atoms with Gasteiger partial charge in [-0.2, -0.15) is 5.26 Å². The number of hydrogen-bond acceptors (Lipinski definition) is 3. The topological polar surface area (TPSA) is 62.1 Å². The Kier molecular flexibility index (Phi) is 5.04. The Morgan fingerprint density at radius 2 is 1.91 bits per heavy atom. The number of carbonyl (C=O) groups excluding carboxylic acids is 1. The summed E-state index contributed by atoms with van der Waals surface area (Å²) in [6.07, 6.45) is 0. The van der Waals surface area contributed by atoms with Crippen molar-refractivity contribution in [2.45, 2.75) is 6.54 Å². The SMILES string of the molecule is N#Cc1ccc(CNC(=O)COc2ccc(F)cc2F)cc1. The summed E-state index contributed by atoms with van der Waals surface area (Å²) in [6, 6.07) is 11.6. The van der Waals surface area contributed by atoms with E-state index in [4.69, 9.17) is 10.00 Å². The number of nitriles is 1. The molecule has 1 amide bonds. The summed E-state index contributed by atoms with van der Waals surface area (Å²) in [5.41, 5.74) is 1.35. The molecule has 6 heteroatoms. The minimum absolute atomic E-state index is 0.185. The molecular formula is C16H12F2N2O2. The Labute approximate surface area is 125 Å². The monoisotopic (exact) mass is 302 g/mol. The van der Waals surface area contributed by atoms with Crippen molar-refractivity contribution in [2.75, 3.05) is 6.61 Å². The second-order valence-corrected chi connectivity index (χ2v) is 4.45. The van der Waals surface area contributed by atoms with E-state index in [9.17, 15) is 13.6 Å². The quantitative estimate of drug-likeness (QED) is 0.923. The molecule has 1 N–H and O–H groups in total. The molecule has 2 rings (SSSR count). The predicted molar refractivity (Wildman–Crippen MR) is 74.9 cm³/mol. The molecule has 0 atom stereocenters. The summed E-state index contributed by atoms with van der Waals surface area (Å²) in [4.78, 5) is 11.6. The second kappa shape index (κ2) is 7.18. The number of nitrogens with zero attached hydrogens (tertiary/aromatic N) is 1. The third-order valence-corrected chi connectivity index (χ3v) is 2.83.